The number of hydrogen-bond donors (Lipinski definition) is 2. The normalized spacial score (nSPS) is 22.9. The van der Waals surface area contributed by atoms with E-state index in [2.05, 4.69) is 41.6 Å². The molecule has 0 radical (unpaired) electrons. The lowest BCUT2D eigenvalue weighted by Gasteiger charge is -2.35. The maximum Gasteiger partial charge on any atom is 0.155 e. The Bertz CT molecular complexity index is 925. The highest BCUT2D eigenvalue weighted by molar-refractivity contribution is 6.33. The van der Waals surface area contributed by atoms with Gasteiger partial charge in [-0.1, -0.05) is 23.7 Å². The van der Waals surface area contributed by atoms with Crippen LogP contribution >= 0.6 is 11.6 Å². The summed E-state index contributed by atoms with van der Waals surface area (Å²) in [4.78, 5) is 16.9. The molecule has 166 valence electrons. The number of aromatic nitrogens is 1. The van der Waals surface area contributed by atoms with Crippen molar-refractivity contribution in [3.05, 3.63) is 47.2 Å². The molecule has 2 aliphatic heterocycles. The van der Waals surface area contributed by atoms with Crippen LogP contribution in [0, 0.1) is 5.92 Å². The number of ether oxygens (including phenoxy) is 1. The predicted molar refractivity (Wildman–Crippen MR) is 126 cm³/mol. The molecule has 4 rings (SSSR count). The minimum atomic E-state index is -0.0428. The first-order valence-corrected chi connectivity index (χ1v) is 11.7. The zero-order chi connectivity index (χ0) is 21.8. The molecule has 5 nitrogen and oxygen atoms in total. The second-order valence-corrected chi connectivity index (χ2v) is 9.78. The van der Waals surface area contributed by atoms with Gasteiger partial charge < -0.3 is 15.4 Å². The third kappa shape index (κ3) is 5.85. The summed E-state index contributed by atoms with van der Waals surface area (Å²) in [5, 5.41) is 7.45. The van der Waals surface area contributed by atoms with Gasteiger partial charge in [-0.05, 0) is 75.8 Å². The van der Waals surface area contributed by atoms with Gasteiger partial charge in [0.15, 0.2) is 5.78 Å². The van der Waals surface area contributed by atoms with Crippen LogP contribution in [0.1, 0.15) is 45.2 Å². The molecular formula is C25H32ClN3O2. The fourth-order valence-electron chi connectivity index (χ4n) is 4.65. The van der Waals surface area contributed by atoms with Crippen LogP contribution in [0.2, 0.25) is 5.02 Å². The summed E-state index contributed by atoms with van der Waals surface area (Å²) in [6.07, 6.45) is 6.10. The minimum Gasteiger partial charge on any atom is -0.385 e. The third-order valence-electron chi connectivity index (χ3n) is 6.28. The first-order valence-electron chi connectivity index (χ1n) is 11.3. The Morgan fingerprint density at radius 3 is 2.97 bits per heavy atom. The van der Waals surface area contributed by atoms with E-state index in [9.17, 15) is 4.79 Å². The van der Waals surface area contributed by atoms with E-state index in [1.165, 1.54) is 0 Å². The Morgan fingerprint density at radius 2 is 2.19 bits per heavy atom. The van der Waals surface area contributed by atoms with Crippen molar-refractivity contribution in [2.75, 3.05) is 25.0 Å². The lowest BCUT2D eigenvalue weighted by molar-refractivity contribution is -0.120. The van der Waals surface area contributed by atoms with E-state index < -0.39 is 0 Å². The molecule has 31 heavy (non-hydrogen) atoms. The quantitative estimate of drug-likeness (QED) is 0.640. The molecule has 2 fully saturated rings. The van der Waals surface area contributed by atoms with Gasteiger partial charge in [-0.3, -0.25) is 9.78 Å². The van der Waals surface area contributed by atoms with Crippen molar-refractivity contribution in [3.63, 3.8) is 0 Å². The molecule has 0 aliphatic carbocycles. The number of anilines is 1. The molecule has 0 amide bonds. The maximum atomic E-state index is 12.5. The van der Waals surface area contributed by atoms with Crippen molar-refractivity contribution in [3.8, 4) is 11.1 Å². The molecule has 2 atom stereocenters. The molecule has 2 aliphatic rings. The average Bonchev–Trinajstić information content (AvgIpc) is 3.28. The second-order valence-electron chi connectivity index (χ2n) is 9.38. The van der Waals surface area contributed by atoms with Gasteiger partial charge in [-0.15, -0.1) is 0 Å². The fourth-order valence-corrected chi connectivity index (χ4v) is 4.86. The van der Waals surface area contributed by atoms with Crippen molar-refractivity contribution in [2.45, 2.75) is 57.6 Å². The van der Waals surface area contributed by atoms with Crippen LogP contribution in [-0.4, -0.2) is 42.1 Å². The van der Waals surface area contributed by atoms with Crippen LogP contribution in [-0.2, 0) is 16.0 Å². The molecule has 0 unspecified atom stereocenters. The van der Waals surface area contributed by atoms with Crippen molar-refractivity contribution in [1.82, 2.24) is 10.3 Å². The van der Waals surface area contributed by atoms with Crippen molar-refractivity contribution < 1.29 is 9.53 Å². The molecule has 6 heteroatoms. The number of halogens is 1. The molecular weight excluding hydrogens is 410 g/mol. The Morgan fingerprint density at radius 1 is 1.32 bits per heavy atom. The number of carbonyl (C=O) groups excluding carboxylic acids is 1. The average molecular weight is 442 g/mol. The van der Waals surface area contributed by atoms with Crippen LogP contribution in [0.5, 0.6) is 0 Å². The van der Waals surface area contributed by atoms with E-state index in [-0.39, 0.29) is 17.4 Å². The van der Waals surface area contributed by atoms with Gasteiger partial charge in [0.2, 0.25) is 0 Å². The number of nitrogens with zero attached hydrogens (tertiary/aromatic N) is 1. The summed E-state index contributed by atoms with van der Waals surface area (Å²) in [5.41, 5.74) is 3.73. The number of hydrogen-bond acceptors (Lipinski definition) is 5. The number of pyridine rings is 1. The smallest absolute Gasteiger partial charge is 0.155 e. The molecule has 0 bridgehead atoms. The summed E-state index contributed by atoms with van der Waals surface area (Å²) in [7, 11) is 0. The minimum absolute atomic E-state index is 0.0383. The number of nitrogens with one attached hydrogen (secondary N) is 2. The Kier molecular flexibility index (Phi) is 6.95. The van der Waals surface area contributed by atoms with E-state index in [4.69, 9.17) is 16.3 Å². The van der Waals surface area contributed by atoms with E-state index in [0.29, 0.717) is 17.4 Å². The van der Waals surface area contributed by atoms with Crippen molar-refractivity contribution >= 4 is 23.1 Å². The topological polar surface area (TPSA) is 63.2 Å². The molecule has 1 aromatic carbocycles. The van der Waals surface area contributed by atoms with Gasteiger partial charge in [0.1, 0.15) is 0 Å². The standard InChI is InChI=1S/C25H32ClN3O2/c1-25(2)14-17(8-10-31-25)15-28-19-6-3-5-18(11-19)21-12-20(29-16-22(21)26)13-24(30)23-7-4-9-27-23/h3,5-6,11-12,16-17,23,27-28H,4,7-10,13-15H2,1-2H3/t17-,23+/m1/s1. The van der Waals surface area contributed by atoms with Gasteiger partial charge in [0.05, 0.1) is 23.1 Å². The van der Waals surface area contributed by atoms with Crippen LogP contribution in [0.4, 0.5) is 5.69 Å². The number of rotatable bonds is 7. The Labute approximate surface area is 189 Å². The summed E-state index contributed by atoms with van der Waals surface area (Å²) in [6.45, 7) is 6.99. The molecule has 0 saturated carbocycles. The third-order valence-corrected chi connectivity index (χ3v) is 6.59. The van der Waals surface area contributed by atoms with Crippen LogP contribution in [0.25, 0.3) is 11.1 Å². The van der Waals surface area contributed by atoms with Gasteiger partial charge >= 0.3 is 0 Å². The molecule has 2 saturated heterocycles. The summed E-state index contributed by atoms with van der Waals surface area (Å²) < 4.78 is 5.83. The highest BCUT2D eigenvalue weighted by atomic mass is 35.5. The SMILES string of the molecule is CC1(C)C[C@H](CNc2cccc(-c3cc(CC(=O)[C@@H]4CCCN4)ncc3Cl)c2)CCO1. The Hall–Kier alpha value is -1.95. The summed E-state index contributed by atoms with van der Waals surface area (Å²) in [5.74, 6) is 0.798. The summed E-state index contributed by atoms with van der Waals surface area (Å²) in [6, 6.07) is 10.2. The largest absolute Gasteiger partial charge is 0.385 e. The molecule has 2 aromatic rings. The second kappa shape index (κ2) is 9.68. The van der Waals surface area contributed by atoms with Gasteiger partial charge in [0.25, 0.3) is 0 Å². The van der Waals surface area contributed by atoms with Gasteiger partial charge in [0, 0.05) is 36.3 Å². The van der Waals surface area contributed by atoms with Crippen LogP contribution in [0.15, 0.2) is 36.5 Å². The van der Waals surface area contributed by atoms with E-state index in [1.54, 1.807) is 6.20 Å². The van der Waals surface area contributed by atoms with E-state index >= 15 is 0 Å². The highest BCUT2D eigenvalue weighted by Crippen LogP contribution is 2.31. The lowest BCUT2D eigenvalue weighted by Crippen LogP contribution is -2.36. The summed E-state index contributed by atoms with van der Waals surface area (Å²) >= 11 is 6.48. The first-order chi connectivity index (χ1) is 14.9. The molecule has 0 spiro atoms. The predicted octanol–water partition coefficient (Wildman–Crippen LogP) is 4.88. The zero-order valence-electron chi connectivity index (χ0n) is 18.4. The number of Topliss-reactive ketones (excluding diaryl/α,β-unsaturated/α-hetero) is 1. The number of ketones is 1. The first kappa shape index (κ1) is 22.3. The number of carbonyl (C=O) groups is 1. The van der Waals surface area contributed by atoms with Gasteiger partial charge in [-0.25, -0.2) is 0 Å². The molecule has 3 heterocycles. The molecule has 2 N–H and O–H groups in total. The highest BCUT2D eigenvalue weighted by Gasteiger charge is 2.28. The maximum absolute atomic E-state index is 12.5. The van der Waals surface area contributed by atoms with Crippen LogP contribution < -0.4 is 10.6 Å². The monoisotopic (exact) mass is 441 g/mol. The Balaban J connectivity index is 1.44. The van der Waals surface area contributed by atoms with Crippen molar-refractivity contribution in [2.24, 2.45) is 5.92 Å². The van der Waals surface area contributed by atoms with Gasteiger partial charge in [-0.2, -0.15) is 0 Å². The fraction of sp³-hybridized carbons (Fsp3) is 0.520. The number of benzene rings is 1. The van der Waals surface area contributed by atoms with Crippen molar-refractivity contribution in [1.29, 1.82) is 0 Å². The van der Waals surface area contributed by atoms with E-state index in [0.717, 1.165) is 67.9 Å². The van der Waals surface area contributed by atoms with Crippen LogP contribution in [0.3, 0.4) is 0 Å². The zero-order valence-corrected chi connectivity index (χ0v) is 19.2. The lowest BCUT2D eigenvalue weighted by atomic mass is 9.88. The van der Waals surface area contributed by atoms with E-state index in [1.807, 2.05) is 18.2 Å². The molecule has 1 aromatic heterocycles.